The molecule has 0 aliphatic carbocycles. The lowest BCUT2D eigenvalue weighted by Crippen LogP contribution is -2.03. The molecule has 0 aromatic heterocycles. The largest absolute Gasteiger partial charge is 0.218 e. The van der Waals surface area contributed by atoms with E-state index in [0.717, 1.165) is 5.56 Å². The molecule has 0 heterocycles. The number of allylic oxidation sites excluding steroid dienone is 1. The number of hydrogen-bond acceptors (Lipinski definition) is 3. The van der Waals surface area contributed by atoms with E-state index in [2.05, 4.69) is 0 Å². The molecule has 0 radical (unpaired) electrons. The zero-order valence-corrected chi connectivity index (χ0v) is 11.8. The number of nitrogens with zero attached hydrogens (tertiary/aromatic N) is 1. The normalized spacial score (nSPS) is 11.9. The minimum atomic E-state index is -3.76. The van der Waals surface area contributed by atoms with Crippen molar-refractivity contribution in [2.24, 2.45) is 0 Å². The maximum atomic E-state index is 12.3. The first-order valence-electron chi connectivity index (χ1n) is 6.02. The third kappa shape index (κ3) is 2.95. The van der Waals surface area contributed by atoms with E-state index in [-0.39, 0.29) is 9.80 Å². The van der Waals surface area contributed by atoms with E-state index in [0.29, 0.717) is 5.56 Å². The van der Waals surface area contributed by atoms with Gasteiger partial charge in [0.15, 0.2) is 0 Å². The van der Waals surface area contributed by atoms with Crippen LogP contribution in [0, 0.1) is 18.3 Å². The first-order chi connectivity index (χ1) is 9.54. The molecule has 0 fully saturated rings. The lowest BCUT2D eigenvalue weighted by Gasteiger charge is -2.03. The van der Waals surface area contributed by atoms with E-state index >= 15 is 0 Å². The molecule has 3 nitrogen and oxygen atoms in total. The van der Waals surface area contributed by atoms with E-state index in [1.54, 1.807) is 36.4 Å². The monoisotopic (exact) mass is 283 g/mol. The average Bonchev–Trinajstić information content (AvgIpc) is 2.47. The van der Waals surface area contributed by atoms with E-state index in [9.17, 15) is 8.42 Å². The van der Waals surface area contributed by atoms with Crippen LogP contribution in [0.2, 0.25) is 0 Å². The van der Waals surface area contributed by atoms with Gasteiger partial charge < -0.3 is 0 Å². The van der Waals surface area contributed by atoms with Crippen molar-refractivity contribution in [2.45, 2.75) is 11.8 Å². The van der Waals surface area contributed by atoms with Crippen LogP contribution >= 0.6 is 0 Å². The van der Waals surface area contributed by atoms with Crippen LogP contribution in [0.3, 0.4) is 0 Å². The van der Waals surface area contributed by atoms with Crippen LogP contribution in [0.4, 0.5) is 0 Å². The van der Waals surface area contributed by atoms with Gasteiger partial charge in [0.05, 0.1) is 4.90 Å². The third-order valence-electron chi connectivity index (χ3n) is 2.83. The molecule has 0 spiro atoms. The van der Waals surface area contributed by atoms with E-state index in [1.165, 1.54) is 18.2 Å². The fourth-order valence-electron chi connectivity index (χ4n) is 1.71. The summed E-state index contributed by atoms with van der Waals surface area (Å²) in [6.07, 6.45) is 1.39. The van der Waals surface area contributed by atoms with Crippen molar-refractivity contribution in [3.05, 3.63) is 70.6 Å². The summed E-state index contributed by atoms with van der Waals surface area (Å²) in [6, 6.07) is 17.0. The molecule has 0 aliphatic heterocycles. The second-order valence-electron chi connectivity index (χ2n) is 4.35. The fraction of sp³-hybridized carbons (Fsp3) is 0.0625. The molecule has 0 unspecified atom stereocenters. The third-order valence-corrected chi connectivity index (χ3v) is 4.51. The SMILES string of the molecule is Cc1ccc(C=C(C#N)S(=O)(=O)c2ccccc2)cc1. The van der Waals surface area contributed by atoms with Gasteiger partial charge in [0.25, 0.3) is 0 Å². The summed E-state index contributed by atoms with van der Waals surface area (Å²) in [7, 11) is -3.76. The smallest absolute Gasteiger partial charge is 0.216 e. The highest BCUT2D eigenvalue weighted by molar-refractivity contribution is 7.95. The van der Waals surface area contributed by atoms with Crippen molar-refractivity contribution in [3.8, 4) is 6.07 Å². The van der Waals surface area contributed by atoms with Crippen molar-refractivity contribution in [1.82, 2.24) is 0 Å². The van der Waals surface area contributed by atoms with Crippen molar-refractivity contribution in [1.29, 1.82) is 5.26 Å². The molecule has 0 bridgehead atoms. The van der Waals surface area contributed by atoms with Gasteiger partial charge in [0.1, 0.15) is 11.0 Å². The van der Waals surface area contributed by atoms with Crippen molar-refractivity contribution in [3.63, 3.8) is 0 Å². The molecule has 0 saturated carbocycles. The Kier molecular flexibility index (Phi) is 4.02. The van der Waals surface area contributed by atoms with Crippen LogP contribution in [0.15, 0.2) is 64.4 Å². The van der Waals surface area contributed by atoms with Crippen molar-refractivity contribution in [2.75, 3.05) is 0 Å². The maximum Gasteiger partial charge on any atom is 0.216 e. The van der Waals surface area contributed by atoms with Gasteiger partial charge in [-0.2, -0.15) is 5.26 Å². The summed E-state index contributed by atoms with van der Waals surface area (Å²) >= 11 is 0. The van der Waals surface area contributed by atoms with E-state index in [1.807, 2.05) is 19.1 Å². The molecule has 0 aliphatic rings. The summed E-state index contributed by atoms with van der Waals surface area (Å²) in [5.41, 5.74) is 1.76. The predicted octanol–water partition coefficient (Wildman–Crippen LogP) is 3.33. The summed E-state index contributed by atoms with van der Waals surface area (Å²) in [5, 5.41) is 9.14. The Bertz CT molecular complexity index is 767. The molecule has 0 atom stereocenters. The highest BCUT2D eigenvalue weighted by Gasteiger charge is 2.20. The highest BCUT2D eigenvalue weighted by atomic mass is 32.2. The molecule has 2 aromatic rings. The maximum absolute atomic E-state index is 12.3. The summed E-state index contributed by atoms with van der Waals surface area (Å²) < 4.78 is 24.7. The molecule has 2 aromatic carbocycles. The molecule has 0 saturated heterocycles. The molecular weight excluding hydrogens is 270 g/mol. The molecule has 0 N–H and O–H groups in total. The number of nitriles is 1. The van der Waals surface area contributed by atoms with Crippen molar-refractivity contribution >= 4 is 15.9 Å². The highest BCUT2D eigenvalue weighted by Crippen LogP contribution is 2.20. The van der Waals surface area contributed by atoms with Gasteiger partial charge in [0.2, 0.25) is 9.84 Å². The van der Waals surface area contributed by atoms with Gasteiger partial charge in [-0.1, -0.05) is 48.0 Å². The Morgan fingerprint density at radius 2 is 1.65 bits per heavy atom. The summed E-state index contributed by atoms with van der Waals surface area (Å²) in [4.78, 5) is -0.132. The molecule has 4 heteroatoms. The number of aryl methyl sites for hydroxylation is 1. The number of hydrogen-bond donors (Lipinski definition) is 0. The molecular formula is C16H13NO2S. The van der Waals surface area contributed by atoms with Gasteiger partial charge in [0, 0.05) is 0 Å². The van der Waals surface area contributed by atoms with E-state index < -0.39 is 9.84 Å². The molecule has 0 amide bonds. The van der Waals surface area contributed by atoms with Gasteiger partial charge in [-0.25, -0.2) is 8.42 Å². The van der Waals surface area contributed by atoms with Gasteiger partial charge in [-0.05, 0) is 30.7 Å². The first-order valence-corrected chi connectivity index (χ1v) is 7.51. The summed E-state index contributed by atoms with van der Waals surface area (Å²) in [5.74, 6) is 0. The topological polar surface area (TPSA) is 57.9 Å². The van der Waals surface area contributed by atoms with Crippen LogP contribution in [0.25, 0.3) is 6.08 Å². The Hall–Kier alpha value is -2.38. The van der Waals surface area contributed by atoms with Gasteiger partial charge in [-0.3, -0.25) is 0 Å². The quantitative estimate of drug-likeness (QED) is 0.812. The number of benzene rings is 2. The Balaban J connectivity index is 2.48. The van der Waals surface area contributed by atoms with Gasteiger partial charge in [-0.15, -0.1) is 0 Å². The standard InChI is InChI=1S/C16H13NO2S/c1-13-7-9-14(10-8-13)11-16(12-17)20(18,19)15-5-3-2-4-6-15/h2-11H,1H3. The van der Waals surface area contributed by atoms with Gasteiger partial charge >= 0.3 is 0 Å². The van der Waals surface area contributed by atoms with Crippen LogP contribution in [-0.2, 0) is 9.84 Å². The minimum absolute atomic E-state index is 0.125. The Morgan fingerprint density at radius 1 is 1.05 bits per heavy atom. The fourth-order valence-corrected chi connectivity index (χ4v) is 2.89. The molecule has 2 rings (SSSR count). The van der Waals surface area contributed by atoms with E-state index in [4.69, 9.17) is 5.26 Å². The summed E-state index contributed by atoms with van der Waals surface area (Å²) in [6.45, 7) is 1.94. The van der Waals surface area contributed by atoms with Crippen LogP contribution < -0.4 is 0 Å². The lowest BCUT2D eigenvalue weighted by atomic mass is 10.1. The molecule has 20 heavy (non-hydrogen) atoms. The van der Waals surface area contributed by atoms with Crippen LogP contribution in [0.1, 0.15) is 11.1 Å². The van der Waals surface area contributed by atoms with Crippen LogP contribution in [0.5, 0.6) is 0 Å². The lowest BCUT2D eigenvalue weighted by molar-refractivity contribution is 0.603. The Morgan fingerprint density at radius 3 is 2.20 bits per heavy atom. The predicted molar refractivity (Wildman–Crippen MR) is 78.4 cm³/mol. The second kappa shape index (κ2) is 5.72. The zero-order chi connectivity index (χ0) is 14.6. The second-order valence-corrected chi connectivity index (χ2v) is 6.27. The first kappa shape index (κ1) is 14.0. The van der Waals surface area contributed by atoms with Crippen LogP contribution in [-0.4, -0.2) is 8.42 Å². The zero-order valence-electron chi connectivity index (χ0n) is 10.9. The van der Waals surface area contributed by atoms with Crippen molar-refractivity contribution < 1.29 is 8.42 Å². The average molecular weight is 283 g/mol. The number of rotatable bonds is 3. The number of sulfone groups is 1. The molecule has 100 valence electrons. The minimum Gasteiger partial charge on any atom is -0.218 e. The Labute approximate surface area is 118 Å².